The highest BCUT2D eigenvalue weighted by Crippen LogP contribution is 2.28. The number of methoxy groups -OCH3 is 1. The van der Waals surface area contributed by atoms with Gasteiger partial charge in [0.15, 0.2) is 12.4 Å². The average Bonchev–Trinajstić information content (AvgIpc) is 2.61. The van der Waals surface area contributed by atoms with Crippen LogP contribution in [0.4, 0.5) is 5.69 Å². The molecule has 1 aromatic rings. The van der Waals surface area contributed by atoms with Gasteiger partial charge in [0.05, 0.1) is 17.6 Å². The second-order valence-electron chi connectivity index (χ2n) is 6.16. The van der Waals surface area contributed by atoms with Gasteiger partial charge in [-0.15, -0.1) is 0 Å². The number of nitrogens with one attached hydrogen (secondary N) is 1. The highest BCUT2D eigenvalue weighted by atomic mass is 16.6. The molecule has 0 radical (unpaired) electrons. The Labute approximate surface area is 145 Å². The fourth-order valence-electron chi connectivity index (χ4n) is 2.95. The Morgan fingerprint density at radius 2 is 2.04 bits per heavy atom. The molecule has 0 spiro atoms. The first-order valence-corrected chi connectivity index (χ1v) is 8.21. The molecule has 0 aliphatic heterocycles. The molecule has 25 heavy (non-hydrogen) atoms. The van der Waals surface area contributed by atoms with E-state index in [-0.39, 0.29) is 35.6 Å². The summed E-state index contributed by atoms with van der Waals surface area (Å²) in [4.78, 5) is 34.0. The van der Waals surface area contributed by atoms with E-state index in [1.807, 2.05) is 0 Å². The number of nitro benzene ring substituents is 1. The maximum Gasteiger partial charge on any atom is 0.338 e. The monoisotopic (exact) mass is 350 g/mol. The van der Waals surface area contributed by atoms with Crippen LogP contribution < -0.4 is 10.1 Å². The first-order valence-electron chi connectivity index (χ1n) is 8.21. The summed E-state index contributed by atoms with van der Waals surface area (Å²) in [6.07, 6.45) is 4.26. The summed E-state index contributed by atoms with van der Waals surface area (Å²) in [5, 5.41) is 14.1. The van der Waals surface area contributed by atoms with Gasteiger partial charge in [0, 0.05) is 12.1 Å². The van der Waals surface area contributed by atoms with Gasteiger partial charge in [0.1, 0.15) is 0 Å². The van der Waals surface area contributed by atoms with Crippen LogP contribution in [0.25, 0.3) is 0 Å². The number of carbonyl (C=O) groups is 2. The Kier molecular flexibility index (Phi) is 6.32. The Morgan fingerprint density at radius 1 is 1.32 bits per heavy atom. The summed E-state index contributed by atoms with van der Waals surface area (Å²) in [6, 6.07) is 3.83. The van der Waals surface area contributed by atoms with E-state index in [1.54, 1.807) is 0 Å². The number of ether oxygens (including phenoxy) is 2. The minimum absolute atomic E-state index is 0.0435. The van der Waals surface area contributed by atoms with Crippen LogP contribution in [0.1, 0.15) is 43.0 Å². The lowest BCUT2D eigenvalue weighted by Crippen LogP contribution is -2.43. The molecule has 0 unspecified atom stereocenters. The zero-order valence-corrected chi connectivity index (χ0v) is 14.3. The van der Waals surface area contributed by atoms with Crippen LogP contribution in [0.15, 0.2) is 18.2 Å². The zero-order chi connectivity index (χ0) is 18.4. The van der Waals surface area contributed by atoms with Gasteiger partial charge in [-0.2, -0.15) is 0 Å². The molecule has 136 valence electrons. The summed E-state index contributed by atoms with van der Waals surface area (Å²) < 4.78 is 9.84. The first kappa shape index (κ1) is 18.7. The van der Waals surface area contributed by atoms with E-state index in [9.17, 15) is 19.7 Å². The van der Waals surface area contributed by atoms with E-state index in [0.29, 0.717) is 5.92 Å². The van der Waals surface area contributed by atoms with E-state index >= 15 is 0 Å². The number of carbonyl (C=O) groups excluding carboxylic acids is 2. The van der Waals surface area contributed by atoms with Gasteiger partial charge >= 0.3 is 11.7 Å². The number of esters is 1. The molecule has 8 heteroatoms. The van der Waals surface area contributed by atoms with E-state index in [4.69, 9.17) is 4.74 Å². The molecule has 1 saturated carbocycles. The van der Waals surface area contributed by atoms with Gasteiger partial charge in [-0.3, -0.25) is 14.9 Å². The molecule has 2 rings (SSSR count). The van der Waals surface area contributed by atoms with Crippen LogP contribution in [0.3, 0.4) is 0 Å². The third-order valence-corrected chi connectivity index (χ3v) is 4.39. The van der Waals surface area contributed by atoms with Crippen molar-refractivity contribution in [1.82, 2.24) is 5.32 Å². The molecular weight excluding hydrogens is 328 g/mol. The van der Waals surface area contributed by atoms with Crippen LogP contribution in [0.5, 0.6) is 5.75 Å². The summed E-state index contributed by atoms with van der Waals surface area (Å²) in [5.41, 5.74) is -0.344. The Hall–Kier alpha value is -2.64. The third kappa shape index (κ3) is 4.91. The molecule has 0 aromatic heterocycles. The van der Waals surface area contributed by atoms with E-state index < -0.39 is 10.9 Å². The van der Waals surface area contributed by atoms with Crippen LogP contribution in [-0.2, 0) is 9.53 Å². The molecule has 8 nitrogen and oxygen atoms in total. The fraction of sp³-hybridized carbons (Fsp3) is 0.529. The summed E-state index contributed by atoms with van der Waals surface area (Å²) in [5.74, 6) is -0.653. The molecule has 1 amide bonds. The molecule has 1 fully saturated rings. The lowest BCUT2D eigenvalue weighted by molar-refractivity contribution is -0.385. The predicted octanol–water partition coefficient (Wildman–Crippen LogP) is 2.46. The maximum atomic E-state index is 12.1. The minimum Gasteiger partial charge on any atom is -0.477 e. The van der Waals surface area contributed by atoms with Gasteiger partial charge < -0.3 is 14.8 Å². The highest BCUT2D eigenvalue weighted by Gasteiger charge is 2.24. The standard InChI is InChI=1S/C17H22N2O6/c1-11-5-3-4-6-13(11)18-16(20)10-25-15-8-7-12(17(21)24-2)9-14(15)19(22)23/h7-9,11,13H,3-6,10H2,1-2H3,(H,18,20)/t11-,13-/m1/s1. The second kappa shape index (κ2) is 8.46. The minimum atomic E-state index is -0.682. The van der Waals surface area contributed by atoms with Crippen molar-refractivity contribution in [2.24, 2.45) is 5.92 Å². The maximum absolute atomic E-state index is 12.1. The SMILES string of the molecule is COC(=O)c1ccc(OCC(=O)N[C@@H]2CCCC[C@H]2C)c([N+](=O)[O-])c1. The van der Waals surface area contributed by atoms with Gasteiger partial charge in [-0.05, 0) is 30.9 Å². The second-order valence-corrected chi connectivity index (χ2v) is 6.16. The van der Waals surface area contributed by atoms with Crippen LogP contribution in [-0.4, -0.2) is 36.6 Å². The van der Waals surface area contributed by atoms with E-state index in [0.717, 1.165) is 25.3 Å². The molecule has 0 saturated heterocycles. The predicted molar refractivity (Wildman–Crippen MR) is 89.5 cm³/mol. The van der Waals surface area contributed by atoms with Crippen LogP contribution >= 0.6 is 0 Å². The van der Waals surface area contributed by atoms with Gasteiger partial charge in [0.2, 0.25) is 0 Å². The lowest BCUT2D eigenvalue weighted by Gasteiger charge is -2.29. The first-order chi connectivity index (χ1) is 11.9. The topological polar surface area (TPSA) is 108 Å². The van der Waals surface area contributed by atoms with Crippen molar-refractivity contribution in [3.05, 3.63) is 33.9 Å². The van der Waals surface area contributed by atoms with Gasteiger partial charge in [-0.25, -0.2) is 4.79 Å². The number of rotatable bonds is 6. The molecule has 0 bridgehead atoms. The normalized spacial score (nSPS) is 19.8. The Balaban J connectivity index is 2.00. The fourth-order valence-corrected chi connectivity index (χ4v) is 2.95. The van der Waals surface area contributed by atoms with Crippen molar-refractivity contribution < 1.29 is 24.0 Å². The Morgan fingerprint density at radius 3 is 2.68 bits per heavy atom. The largest absolute Gasteiger partial charge is 0.477 e. The van der Waals surface area contributed by atoms with Crippen LogP contribution in [0.2, 0.25) is 0 Å². The highest BCUT2D eigenvalue weighted by molar-refractivity contribution is 5.90. The third-order valence-electron chi connectivity index (χ3n) is 4.39. The number of nitro groups is 1. The summed E-state index contributed by atoms with van der Waals surface area (Å²) in [7, 11) is 1.19. The number of hydrogen-bond acceptors (Lipinski definition) is 6. The number of nitrogens with zero attached hydrogens (tertiary/aromatic N) is 1. The zero-order valence-electron chi connectivity index (χ0n) is 14.3. The molecule has 1 aliphatic rings. The van der Waals surface area contributed by atoms with Gasteiger partial charge in [-0.1, -0.05) is 19.8 Å². The summed E-state index contributed by atoms with van der Waals surface area (Å²) >= 11 is 0. The number of hydrogen-bond donors (Lipinski definition) is 1. The quantitative estimate of drug-likeness (QED) is 0.480. The molecule has 0 heterocycles. The smallest absolute Gasteiger partial charge is 0.338 e. The van der Waals surface area contributed by atoms with Crippen molar-refractivity contribution in [2.75, 3.05) is 13.7 Å². The Bertz CT molecular complexity index is 661. The van der Waals surface area contributed by atoms with Gasteiger partial charge in [0.25, 0.3) is 5.91 Å². The number of benzene rings is 1. The molecule has 1 N–H and O–H groups in total. The summed E-state index contributed by atoms with van der Waals surface area (Å²) in [6.45, 7) is 1.78. The molecule has 1 aromatic carbocycles. The number of amides is 1. The van der Waals surface area contributed by atoms with E-state index in [2.05, 4.69) is 17.0 Å². The van der Waals surface area contributed by atoms with Crippen molar-refractivity contribution in [2.45, 2.75) is 38.6 Å². The lowest BCUT2D eigenvalue weighted by atomic mass is 9.86. The molecule has 1 aliphatic carbocycles. The average molecular weight is 350 g/mol. The van der Waals surface area contributed by atoms with Crippen molar-refractivity contribution in [1.29, 1.82) is 0 Å². The van der Waals surface area contributed by atoms with E-state index in [1.165, 1.54) is 25.7 Å². The van der Waals surface area contributed by atoms with Crippen molar-refractivity contribution in [3.63, 3.8) is 0 Å². The molecule has 2 atom stereocenters. The molecular formula is C17H22N2O6. The van der Waals surface area contributed by atoms with Crippen LogP contribution in [0, 0.1) is 16.0 Å². The van der Waals surface area contributed by atoms with Crippen molar-refractivity contribution >= 4 is 17.6 Å². The van der Waals surface area contributed by atoms with Crippen molar-refractivity contribution in [3.8, 4) is 5.75 Å².